The van der Waals surface area contributed by atoms with Crippen LogP contribution in [0.25, 0.3) is 0 Å². The highest BCUT2D eigenvalue weighted by molar-refractivity contribution is 6.39. The van der Waals surface area contributed by atoms with E-state index in [2.05, 4.69) is 15.8 Å². The van der Waals surface area contributed by atoms with Gasteiger partial charge in [-0.2, -0.15) is 5.10 Å². The number of nitrogens with zero attached hydrogens (tertiary/aromatic N) is 1. The van der Waals surface area contributed by atoms with E-state index in [1.54, 1.807) is 37.3 Å². The van der Waals surface area contributed by atoms with E-state index in [4.69, 9.17) is 4.74 Å². The highest BCUT2D eigenvalue weighted by Gasteiger charge is 2.15. The summed E-state index contributed by atoms with van der Waals surface area (Å²) in [5.74, 6) is -1.95. The molecule has 0 radical (unpaired) electrons. The molecular formula is C23H20FN3O3. The lowest BCUT2D eigenvalue weighted by molar-refractivity contribution is -0.136. The lowest BCUT2D eigenvalue weighted by Crippen LogP contribution is -2.33. The Hall–Kier alpha value is -4.00. The van der Waals surface area contributed by atoms with Crippen LogP contribution in [0.1, 0.15) is 18.1 Å². The van der Waals surface area contributed by atoms with Gasteiger partial charge in [0.15, 0.2) is 0 Å². The molecule has 0 aliphatic carbocycles. The van der Waals surface area contributed by atoms with Crippen molar-refractivity contribution in [1.29, 1.82) is 0 Å². The second-order valence-corrected chi connectivity index (χ2v) is 6.37. The maximum Gasteiger partial charge on any atom is 0.329 e. The topological polar surface area (TPSA) is 79.8 Å². The minimum absolute atomic E-state index is 0.0792. The molecule has 2 N–H and O–H groups in total. The molecule has 0 bridgehead atoms. The van der Waals surface area contributed by atoms with Gasteiger partial charge in [0.05, 0.1) is 11.4 Å². The van der Waals surface area contributed by atoms with E-state index in [1.807, 2.05) is 30.3 Å². The Balaban J connectivity index is 1.53. The van der Waals surface area contributed by atoms with Crippen molar-refractivity contribution >= 4 is 23.2 Å². The molecule has 3 aromatic carbocycles. The first kappa shape index (κ1) is 20.7. The third-order valence-corrected chi connectivity index (χ3v) is 4.17. The maximum absolute atomic E-state index is 13.5. The molecule has 0 spiro atoms. The van der Waals surface area contributed by atoms with Crippen molar-refractivity contribution in [3.63, 3.8) is 0 Å². The van der Waals surface area contributed by atoms with Gasteiger partial charge in [-0.15, -0.1) is 0 Å². The molecule has 3 rings (SSSR count). The maximum atomic E-state index is 13.5. The number of nitrogens with one attached hydrogen (secondary N) is 2. The molecule has 3 aromatic rings. The SMILES string of the molecule is C/C(=N\NC(=O)C(=O)Nc1ccccc1F)c1ccc(OCc2ccccc2)cc1. The molecule has 30 heavy (non-hydrogen) atoms. The van der Waals surface area contributed by atoms with Gasteiger partial charge in [-0.05, 0) is 54.4 Å². The average molecular weight is 405 g/mol. The van der Waals surface area contributed by atoms with E-state index in [9.17, 15) is 14.0 Å². The Morgan fingerprint density at radius 2 is 1.57 bits per heavy atom. The van der Waals surface area contributed by atoms with Crippen LogP contribution in [0.4, 0.5) is 10.1 Å². The van der Waals surface area contributed by atoms with E-state index in [0.29, 0.717) is 18.1 Å². The summed E-state index contributed by atoms with van der Waals surface area (Å²) < 4.78 is 19.3. The Morgan fingerprint density at radius 1 is 0.900 bits per heavy atom. The fourth-order valence-corrected chi connectivity index (χ4v) is 2.52. The van der Waals surface area contributed by atoms with Gasteiger partial charge in [-0.1, -0.05) is 42.5 Å². The minimum Gasteiger partial charge on any atom is -0.489 e. The molecule has 0 aliphatic heterocycles. The van der Waals surface area contributed by atoms with Gasteiger partial charge in [0.1, 0.15) is 18.2 Å². The normalized spacial score (nSPS) is 10.9. The summed E-state index contributed by atoms with van der Waals surface area (Å²) in [6.07, 6.45) is 0. The van der Waals surface area contributed by atoms with Gasteiger partial charge in [0.2, 0.25) is 0 Å². The Kier molecular flexibility index (Phi) is 6.89. The zero-order valence-corrected chi connectivity index (χ0v) is 16.3. The first-order chi connectivity index (χ1) is 14.5. The first-order valence-corrected chi connectivity index (χ1v) is 9.20. The van der Waals surface area contributed by atoms with Gasteiger partial charge in [-0.25, -0.2) is 9.82 Å². The van der Waals surface area contributed by atoms with E-state index in [-0.39, 0.29) is 5.69 Å². The number of para-hydroxylation sites is 1. The van der Waals surface area contributed by atoms with Gasteiger partial charge >= 0.3 is 11.8 Å². The zero-order valence-electron chi connectivity index (χ0n) is 16.3. The van der Waals surface area contributed by atoms with E-state index in [1.165, 1.54) is 18.2 Å². The Labute approximate surface area is 173 Å². The van der Waals surface area contributed by atoms with Gasteiger partial charge in [-0.3, -0.25) is 9.59 Å². The largest absolute Gasteiger partial charge is 0.489 e. The standard InChI is InChI=1S/C23H20FN3O3/c1-16(26-27-23(29)22(28)25-21-10-6-5-9-20(21)24)18-11-13-19(14-12-18)30-15-17-7-3-2-4-8-17/h2-14H,15H2,1H3,(H,25,28)(H,27,29)/b26-16+. The van der Waals surface area contributed by atoms with Crippen LogP contribution in [0.5, 0.6) is 5.75 Å². The fourth-order valence-electron chi connectivity index (χ4n) is 2.52. The number of hydrogen-bond acceptors (Lipinski definition) is 4. The number of hydrogen-bond donors (Lipinski definition) is 2. The number of ether oxygens (including phenoxy) is 1. The van der Waals surface area contributed by atoms with E-state index >= 15 is 0 Å². The van der Waals surface area contributed by atoms with E-state index < -0.39 is 17.6 Å². The average Bonchev–Trinajstić information content (AvgIpc) is 2.78. The third-order valence-electron chi connectivity index (χ3n) is 4.17. The van der Waals surface area contributed by atoms with Gasteiger partial charge in [0, 0.05) is 0 Å². The molecule has 0 saturated heterocycles. The second-order valence-electron chi connectivity index (χ2n) is 6.37. The number of carbonyl (C=O) groups excluding carboxylic acids is 2. The first-order valence-electron chi connectivity index (χ1n) is 9.20. The van der Waals surface area contributed by atoms with Crippen LogP contribution in [0.2, 0.25) is 0 Å². The number of amides is 2. The van der Waals surface area contributed by atoms with Crippen molar-refractivity contribution in [3.05, 3.63) is 95.8 Å². The van der Waals surface area contributed by atoms with Crippen LogP contribution in [-0.4, -0.2) is 17.5 Å². The smallest absolute Gasteiger partial charge is 0.329 e. The van der Waals surface area contributed by atoms with Crippen LogP contribution >= 0.6 is 0 Å². The molecule has 2 amide bonds. The number of anilines is 1. The molecule has 6 nitrogen and oxygen atoms in total. The molecule has 0 heterocycles. The number of hydrazone groups is 1. The minimum atomic E-state index is -1.01. The van der Waals surface area contributed by atoms with Gasteiger partial charge in [0.25, 0.3) is 0 Å². The van der Waals surface area contributed by atoms with Crippen LogP contribution in [0.3, 0.4) is 0 Å². The summed E-state index contributed by atoms with van der Waals surface area (Å²) >= 11 is 0. The van der Waals surface area contributed by atoms with Crippen LogP contribution in [0, 0.1) is 5.82 Å². The van der Waals surface area contributed by atoms with Gasteiger partial charge < -0.3 is 10.1 Å². The van der Waals surface area contributed by atoms with Crippen LogP contribution < -0.4 is 15.5 Å². The lowest BCUT2D eigenvalue weighted by atomic mass is 10.1. The summed E-state index contributed by atoms with van der Waals surface area (Å²) in [5.41, 5.74) is 4.40. The Bertz CT molecular complexity index is 1050. The number of halogens is 1. The third kappa shape index (κ3) is 5.75. The van der Waals surface area contributed by atoms with Crippen molar-refractivity contribution in [1.82, 2.24) is 5.43 Å². The summed E-state index contributed by atoms with van der Waals surface area (Å²) in [6, 6.07) is 22.6. The summed E-state index contributed by atoms with van der Waals surface area (Å²) in [7, 11) is 0. The fraction of sp³-hybridized carbons (Fsp3) is 0.0870. The van der Waals surface area contributed by atoms with Crippen molar-refractivity contribution in [2.24, 2.45) is 5.10 Å². The van der Waals surface area contributed by atoms with Crippen LogP contribution in [-0.2, 0) is 16.2 Å². The van der Waals surface area contributed by atoms with Crippen LogP contribution in [0.15, 0.2) is 84.0 Å². The molecule has 152 valence electrons. The molecule has 0 aliphatic rings. The zero-order chi connectivity index (χ0) is 21.3. The molecule has 0 unspecified atom stereocenters. The number of carbonyl (C=O) groups is 2. The quantitative estimate of drug-likeness (QED) is 0.371. The van der Waals surface area contributed by atoms with Crippen molar-refractivity contribution < 1.29 is 18.7 Å². The number of rotatable bonds is 6. The highest BCUT2D eigenvalue weighted by Crippen LogP contribution is 2.15. The second kappa shape index (κ2) is 9.97. The van der Waals surface area contributed by atoms with Crippen molar-refractivity contribution in [2.45, 2.75) is 13.5 Å². The lowest BCUT2D eigenvalue weighted by Gasteiger charge is -2.08. The van der Waals surface area contributed by atoms with E-state index in [0.717, 1.165) is 11.1 Å². The molecule has 0 aromatic heterocycles. The van der Waals surface area contributed by atoms with Crippen molar-refractivity contribution in [2.75, 3.05) is 5.32 Å². The number of benzene rings is 3. The molecule has 0 atom stereocenters. The highest BCUT2D eigenvalue weighted by atomic mass is 19.1. The molecule has 0 saturated carbocycles. The summed E-state index contributed by atoms with van der Waals surface area (Å²) in [5, 5.41) is 6.12. The molecular weight excluding hydrogens is 385 g/mol. The van der Waals surface area contributed by atoms with Crippen molar-refractivity contribution in [3.8, 4) is 5.75 Å². The predicted octanol–water partition coefficient (Wildman–Crippen LogP) is 3.88. The molecule has 7 heteroatoms. The predicted molar refractivity (Wildman–Crippen MR) is 113 cm³/mol. The Morgan fingerprint density at radius 3 is 2.27 bits per heavy atom. The monoisotopic (exact) mass is 405 g/mol. The summed E-state index contributed by atoms with van der Waals surface area (Å²) in [4.78, 5) is 23.8. The summed E-state index contributed by atoms with van der Waals surface area (Å²) in [6.45, 7) is 2.15. The molecule has 0 fully saturated rings.